The van der Waals surface area contributed by atoms with Crippen molar-refractivity contribution in [2.75, 3.05) is 6.54 Å². The van der Waals surface area contributed by atoms with E-state index in [2.05, 4.69) is 4.72 Å². The Morgan fingerprint density at radius 2 is 1.88 bits per heavy atom. The topological polar surface area (TPSA) is 89.3 Å². The van der Waals surface area contributed by atoms with Crippen molar-refractivity contribution in [3.8, 4) is 0 Å². The molecule has 0 aliphatic heterocycles. The van der Waals surface area contributed by atoms with Crippen molar-refractivity contribution in [2.45, 2.75) is 18.2 Å². The normalized spacial score (nSPS) is 11.3. The summed E-state index contributed by atoms with van der Waals surface area (Å²) in [5.41, 5.74) is 5.89. The molecule has 1 aromatic carbocycles. The summed E-state index contributed by atoms with van der Waals surface area (Å²) in [5.74, 6) is -0.536. The number of hydrogen-bond donors (Lipinski definition) is 2. The first-order valence-electron chi connectivity index (χ1n) is 4.76. The molecule has 0 radical (unpaired) electrons. The van der Waals surface area contributed by atoms with E-state index in [0.717, 1.165) is 5.56 Å². The Balaban J connectivity index is 2.71. The van der Waals surface area contributed by atoms with Crippen LogP contribution in [-0.4, -0.2) is 20.9 Å². The lowest BCUT2D eigenvalue weighted by Gasteiger charge is -2.05. The molecule has 88 valence electrons. The molecule has 0 aliphatic rings. The summed E-state index contributed by atoms with van der Waals surface area (Å²) in [6.45, 7) is 1.89. The van der Waals surface area contributed by atoms with Gasteiger partial charge in [-0.05, 0) is 19.1 Å². The first-order chi connectivity index (χ1) is 7.42. The number of carbonyl (C=O) groups excluding carboxylic acids is 1. The van der Waals surface area contributed by atoms with Crippen LogP contribution in [0.5, 0.6) is 0 Å². The van der Waals surface area contributed by atoms with Gasteiger partial charge in [-0.2, -0.15) is 0 Å². The zero-order chi connectivity index (χ0) is 12.2. The van der Waals surface area contributed by atoms with Crippen LogP contribution in [0.15, 0.2) is 29.2 Å². The van der Waals surface area contributed by atoms with Gasteiger partial charge in [-0.3, -0.25) is 4.79 Å². The van der Waals surface area contributed by atoms with Crippen LogP contribution in [0, 0.1) is 6.92 Å². The predicted molar refractivity (Wildman–Crippen MR) is 60.2 cm³/mol. The van der Waals surface area contributed by atoms with Crippen LogP contribution in [0.1, 0.15) is 12.0 Å². The van der Waals surface area contributed by atoms with Crippen LogP contribution < -0.4 is 10.5 Å². The maximum atomic E-state index is 11.7. The standard InChI is InChI=1S/C10H14N2O3S/c1-8-2-4-9(5-3-8)16(14,15)12-7-6-10(11)13/h2-5,12H,6-7H2,1H3,(H2,11,13). The third-order valence-electron chi connectivity index (χ3n) is 1.99. The van der Waals surface area contributed by atoms with Crippen LogP contribution in [0.4, 0.5) is 0 Å². The molecule has 6 heteroatoms. The Hall–Kier alpha value is -1.40. The van der Waals surface area contributed by atoms with Crippen molar-refractivity contribution >= 4 is 15.9 Å². The first-order valence-corrected chi connectivity index (χ1v) is 6.25. The van der Waals surface area contributed by atoms with E-state index in [9.17, 15) is 13.2 Å². The summed E-state index contributed by atoms with van der Waals surface area (Å²) in [6.07, 6.45) is -0.00884. The van der Waals surface area contributed by atoms with Gasteiger partial charge in [-0.15, -0.1) is 0 Å². The lowest BCUT2D eigenvalue weighted by atomic mass is 10.2. The van der Waals surface area contributed by atoms with Crippen LogP contribution in [0.2, 0.25) is 0 Å². The van der Waals surface area contributed by atoms with Gasteiger partial charge in [0.05, 0.1) is 4.90 Å². The maximum absolute atomic E-state index is 11.7. The predicted octanol–water partition coefficient (Wildman–Crippen LogP) is 0.149. The van der Waals surface area contributed by atoms with E-state index in [-0.39, 0.29) is 17.9 Å². The molecular formula is C10H14N2O3S. The van der Waals surface area contributed by atoms with Crippen LogP contribution in [-0.2, 0) is 14.8 Å². The average molecular weight is 242 g/mol. The lowest BCUT2D eigenvalue weighted by molar-refractivity contribution is -0.117. The highest BCUT2D eigenvalue weighted by Gasteiger charge is 2.12. The molecule has 1 rings (SSSR count). The number of amides is 1. The molecule has 16 heavy (non-hydrogen) atoms. The molecule has 0 heterocycles. The fraction of sp³-hybridized carbons (Fsp3) is 0.300. The van der Waals surface area contributed by atoms with E-state index in [1.807, 2.05) is 6.92 Å². The van der Waals surface area contributed by atoms with Gasteiger partial charge in [0.1, 0.15) is 0 Å². The number of carbonyl (C=O) groups is 1. The van der Waals surface area contributed by atoms with Gasteiger partial charge in [0.2, 0.25) is 15.9 Å². The van der Waals surface area contributed by atoms with E-state index < -0.39 is 15.9 Å². The van der Waals surface area contributed by atoms with Crippen molar-refractivity contribution in [1.82, 2.24) is 4.72 Å². The third-order valence-corrected chi connectivity index (χ3v) is 3.47. The van der Waals surface area contributed by atoms with Gasteiger partial charge < -0.3 is 5.73 Å². The molecule has 3 N–H and O–H groups in total. The second kappa shape index (κ2) is 5.09. The summed E-state index contributed by atoms with van der Waals surface area (Å²) in [4.78, 5) is 10.6. The molecule has 0 fully saturated rings. The molecule has 0 atom stereocenters. The number of nitrogens with one attached hydrogen (secondary N) is 1. The van der Waals surface area contributed by atoms with Crippen molar-refractivity contribution in [2.24, 2.45) is 5.73 Å². The Labute approximate surface area is 94.7 Å². The summed E-state index contributed by atoms with van der Waals surface area (Å²) in [6, 6.07) is 6.45. The Kier molecular flexibility index (Phi) is 4.03. The minimum absolute atomic E-state index is 0.00884. The number of rotatable bonds is 5. The molecule has 0 saturated carbocycles. The van der Waals surface area contributed by atoms with Crippen molar-refractivity contribution in [1.29, 1.82) is 0 Å². The number of sulfonamides is 1. The van der Waals surface area contributed by atoms with Crippen molar-refractivity contribution in [3.05, 3.63) is 29.8 Å². The maximum Gasteiger partial charge on any atom is 0.240 e. The number of nitrogens with two attached hydrogens (primary N) is 1. The highest BCUT2D eigenvalue weighted by Crippen LogP contribution is 2.09. The minimum atomic E-state index is -3.53. The fourth-order valence-corrected chi connectivity index (χ4v) is 2.14. The molecule has 0 spiro atoms. The number of benzene rings is 1. The second-order valence-electron chi connectivity index (χ2n) is 3.43. The number of hydrogen-bond acceptors (Lipinski definition) is 3. The van der Waals surface area contributed by atoms with Crippen LogP contribution in [0.25, 0.3) is 0 Å². The molecule has 0 unspecified atom stereocenters. The molecule has 0 saturated heterocycles. The molecular weight excluding hydrogens is 228 g/mol. The number of aryl methyl sites for hydroxylation is 1. The number of primary amides is 1. The zero-order valence-corrected chi connectivity index (χ0v) is 9.75. The van der Waals surface area contributed by atoms with Gasteiger partial charge in [0, 0.05) is 13.0 Å². The van der Waals surface area contributed by atoms with E-state index in [4.69, 9.17) is 5.73 Å². The Bertz CT molecular complexity index is 465. The largest absolute Gasteiger partial charge is 0.370 e. The third kappa shape index (κ3) is 3.63. The minimum Gasteiger partial charge on any atom is -0.370 e. The molecule has 5 nitrogen and oxygen atoms in total. The SMILES string of the molecule is Cc1ccc(S(=O)(=O)NCCC(N)=O)cc1. The van der Waals surface area contributed by atoms with Crippen molar-refractivity contribution in [3.63, 3.8) is 0 Å². The monoisotopic (exact) mass is 242 g/mol. The molecule has 1 aromatic rings. The first kappa shape index (κ1) is 12.7. The second-order valence-corrected chi connectivity index (χ2v) is 5.19. The van der Waals surface area contributed by atoms with Gasteiger partial charge in [0.25, 0.3) is 0 Å². The zero-order valence-electron chi connectivity index (χ0n) is 8.93. The van der Waals surface area contributed by atoms with E-state index in [1.54, 1.807) is 12.1 Å². The van der Waals surface area contributed by atoms with Gasteiger partial charge in [0.15, 0.2) is 0 Å². The van der Waals surface area contributed by atoms with E-state index >= 15 is 0 Å². The van der Waals surface area contributed by atoms with Crippen LogP contribution >= 0.6 is 0 Å². The summed E-state index contributed by atoms with van der Waals surface area (Å²) >= 11 is 0. The quantitative estimate of drug-likeness (QED) is 0.770. The lowest BCUT2D eigenvalue weighted by Crippen LogP contribution is -2.28. The van der Waals surface area contributed by atoms with Crippen LogP contribution in [0.3, 0.4) is 0 Å². The highest BCUT2D eigenvalue weighted by molar-refractivity contribution is 7.89. The molecule has 0 bridgehead atoms. The molecule has 0 aromatic heterocycles. The van der Waals surface area contributed by atoms with Gasteiger partial charge in [-0.1, -0.05) is 17.7 Å². The highest BCUT2D eigenvalue weighted by atomic mass is 32.2. The van der Waals surface area contributed by atoms with Crippen molar-refractivity contribution < 1.29 is 13.2 Å². The van der Waals surface area contributed by atoms with Gasteiger partial charge >= 0.3 is 0 Å². The Morgan fingerprint density at radius 1 is 1.31 bits per heavy atom. The van der Waals surface area contributed by atoms with Gasteiger partial charge in [-0.25, -0.2) is 13.1 Å². The van der Waals surface area contributed by atoms with E-state index in [1.165, 1.54) is 12.1 Å². The summed E-state index contributed by atoms with van der Waals surface area (Å²) < 4.78 is 25.6. The van der Waals surface area contributed by atoms with E-state index in [0.29, 0.717) is 0 Å². The smallest absolute Gasteiger partial charge is 0.240 e. The fourth-order valence-electron chi connectivity index (χ4n) is 1.11. The molecule has 0 aliphatic carbocycles. The summed E-state index contributed by atoms with van der Waals surface area (Å²) in [7, 11) is -3.53. The average Bonchev–Trinajstić information content (AvgIpc) is 2.17. The summed E-state index contributed by atoms with van der Waals surface area (Å²) in [5, 5.41) is 0. The molecule has 1 amide bonds. The Morgan fingerprint density at radius 3 is 2.38 bits per heavy atom.